The molecule has 1 aromatic carbocycles. The molecule has 0 bridgehead atoms. The van der Waals surface area contributed by atoms with Crippen LogP contribution in [0.25, 0.3) is 0 Å². The van der Waals surface area contributed by atoms with E-state index in [4.69, 9.17) is 0 Å². The highest BCUT2D eigenvalue weighted by atomic mass is 32.2. The maximum atomic E-state index is 3.56. The van der Waals surface area contributed by atoms with Gasteiger partial charge in [-0.05, 0) is 56.5 Å². The molecule has 0 spiro atoms. The topological polar surface area (TPSA) is 12.0 Å². The summed E-state index contributed by atoms with van der Waals surface area (Å²) in [5.41, 5.74) is 0. The summed E-state index contributed by atoms with van der Waals surface area (Å²) in [5.74, 6) is 2.03. The third-order valence-corrected chi connectivity index (χ3v) is 4.17. The third kappa shape index (κ3) is 7.07. The number of benzene rings is 1. The van der Waals surface area contributed by atoms with Crippen LogP contribution in [-0.2, 0) is 0 Å². The standard InChI is InChI=1S/C16H27NS/c1-4-11-17-15(3)13-14(2)10-12-18-16-8-6-5-7-9-16/h5-9,14-15,17H,4,10-13H2,1-3H3. The van der Waals surface area contributed by atoms with Crippen LogP contribution < -0.4 is 5.32 Å². The molecule has 1 N–H and O–H groups in total. The molecular formula is C16H27NS. The first kappa shape index (κ1) is 15.6. The second-order valence-electron chi connectivity index (χ2n) is 5.15. The van der Waals surface area contributed by atoms with E-state index in [1.807, 2.05) is 11.8 Å². The Kier molecular flexibility index (Phi) is 8.19. The summed E-state index contributed by atoms with van der Waals surface area (Å²) < 4.78 is 0. The van der Waals surface area contributed by atoms with Crippen molar-refractivity contribution in [1.29, 1.82) is 0 Å². The summed E-state index contributed by atoms with van der Waals surface area (Å²) in [7, 11) is 0. The van der Waals surface area contributed by atoms with Crippen LogP contribution in [0, 0.1) is 5.92 Å². The first-order chi connectivity index (χ1) is 8.72. The number of hydrogen-bond donors (Lipinski definition) is 1. The summed E-state index contributed by atoms with van der Waals surface area (Å²) in [5, 5.41) is 3.56. The lowest BCUT2D eigenvalue weighted by atomic mass is 10.0. The van der Waals surface area contributed by atoms with Gasteiger partial charge < -0.3 is 5.32 Å². The van der Waals surface area contributed by atoms with E-state index < -0.39 is 0 Å². The molecule has 18 heavy (non-hydrogen) atoms. The molecule has 0 radical (unpaired) electrons. The molecule has 2 atom stereocenters. The Hall–Kier alpha value is -0.470. The highest BCUT2D eigenvalue weighted by Crippen LogP contribution is 2.21. The lowest BCUT2D eigenvalue weighted by Crippen LogP contribution is -2.28. The van der Waals surface area contributed by atoms with Crippen LogP contribution in [0.2, 0.25) is 0 Å². The average Bonchev–Trinajstić information content (AvgIpc) is 2.37. The maximum Gasteiger partial charge on any atom is 0.00719 e. The number of nitrogens with one attached hydrogen (secondary N) is 1. The molecule has 0 aromatic heterocycles. The largest absolute Gasteiger partial charge is 0.314 e. The Morgan fingerprint density at radius 3 is 2.56 bits per heavy atom. The molecule has 0 aliphatic carbocycles. The van der Waals surface area contributed by atoms with Gasteiger partial charge >= 0.3 is 0 Å². The fourth-order valence-corrected chi connectivity index (χ4v) is 3.20. The number of rotatable bonds is 9. The van der Waals surface area contributed by atoms with E-state index >= 15 is 0 Å². The van der Waals surface area contributed by atoms with Crippen molar-refractivity contribution in [2.45, 2.75) is 51.0 Å². The Morgan fingerprint density at radius 2 is 1.89 bits per heavy atom. The van der Waals surface area contributed by atoms with Crippen molar-refractivity contribution in [2.24, 2.45) is 5.92 Å². The molecule has 0 fully saturated rings. The molecule has 2 unspecified atom stereocenters. The summed E-state index contributed by atoms with van der Waals surface area (Å²) in [4.78, 5) is 1.39. The first-order valence-corrected chi connectivity index (χ1v) is 8.12. The van der Waals surface area contributed by atoms with Crippen molar-refractivity contribution in [1.82, 2.24) is 5.32 Å². The molecular weight excluding hydrogens is 238 g/mol. The molecule has 0 aliphatic rings. The Morgan fingerprint density at radius 1 is 1.17 bits per heavy atom. The fraction of sp³-hybridized carbons (Fsp3) is 0.625. The Labute approximate surface area is 117 Å². The third-order valence-electron chi connectivity index (χ3n) is 3.12. The molecule has 1 rings (SSSR count). The van der Waals surface area contributed by atoms with Gasteiger partial charge in [-0.15, -0.1) is 11.8 Å². The van der Waals surface area contributed by atoms with Crippen molar-refractivity contribution in [3.63, 3.8) is 0 Å². The second-order valence-corrected chi connectivity index (χ2v) is 6.31. The monoisotopic (exact) mass is 265 g/mol. The van der Waals surface area contributed by atoms with Crippen LogP contribution in [0.5, 0.6) is 0 Å². The van der Waals surface area contributed by atoms with E-state index in [1.54, 1.807) is 0 Å². The molecule has 0 amide bonds. The minimum Gasteiger partial charge on any atom is -0.314 e. The highest BCUT2D eigenvalue weighted by molar-refractivity contribution is 7.99. The van der Waals surface area contributed by atoms with Gasteiger partial charge in [0.1, 0.15) is 0 Å². The number of thioether (sulfide) groups is 1. The minimum atomic E-state index is 0.654. The van der Waals surface area contributed by atoms with Gasteiger partial charge in [-0.2, -0.15) is 0 Å². The zero-order valence-corrected chi connectivity index (χ0v) is 12.8. The normalized spacial score (nSPS) is 14.4. The quantitative estimate of drug-likeness (QED) is 0.656. The Balaban J connectivity index is 2.11. The van der Waals surface area contributed by atoms with Crippen LogP contribution in [-0.4, -0.2) is 18.3 Å². The summed E-state index contributed by atoms with van der Waals surface area (Å²) >= 11 is 1.97. The molecule has 0 heterocycles. The predicted octanol–water partition coefficient (Wildman–Crippen LogP) is 4.58. The summed E-state index contributed by atoms with van der Waals surface area (Å²) in [6.07, 6.45) is 3.82. The van der Waals surface area contributed by atoms with Gasteiger partial charge in [0.05, 0.1) is 0 Å². The van der Waals surface area contributed by atoms with Gasteiger partial charge in [-0.25, -0.2) is 0 Å². The van der Waals surface area contributed by atoms with Crippen molar-refractivity contribution >= 4 is 11.8 Å². The fourth-order valence-electron chi connectivity index (χ4n) is 2.09. The minimum absolute atomic E-state index is 0.654. The summed E-state index contributed by atoms with van der Waals surface area (Å²) in [6.45, 7) is 8.04. The van der Waals surface area contributed by atoms with E-state index in [0.29, 0.717) is 6.04 Å². The zero-order valence-electron chi connectivity index (χ0n) is 12.0. The van der Waals surface area contributed by atoms with Gasteiger partial charge in [0.15, 0.2) is 0 Å². The maximum absolute atomic E-state index is 3.56. The molecule has 0 aliphatic heterocycles. The van der Waals surface area contributed by atoms with Crippen LogP contribution >= 0.6 is 11.8 Å². The SMILES string of the molecule is CCCNC(C)CC(C)CCSc1ccccc1. The lowest BCUT2D eigenvalue weighted by molar-refractivity contribution is 0.415. The van der Waals surface area contributed by atoms with Crippen LogP contribution in [0.4, 0.5) is 0 Å². The van der Waals surface area contributed by atoms with E-state index in [9.17, 15) is 0 Å². The predicted molar refractivity (Wildman–Crippen MR) is 83.3 cm³/mol. The van der Waals surface area contributed by atoms with Gasteiger partial charge in [-0.3, -0.25) is 0 Å². The van der Waals surface area contributed by atoms with Crippen LogP contribution in [0.1, 0.15) is 40.0 Å². The zero-order chi connectivity index (χ0) is 13.2. The van der Waals surface area contributed by atoms with Crippen molar-refractivity contribution in [2.75, 3.05) is 12.3 Å². The van der Waals surface area contributed by atoms with Gasteiger partial charge in [0.25, 0.3) is 0 Å². The van der Waals surface area contributed by atoms with Crippen LogP contribution in [0.15, 0.2) is 35.2 Å². The van der Waals surface area contributed by atoms with E-state index in [1.165, 1.54) is 29.9 Å². The summed E-state index contributed by atoms with van der Waals surface area (Å²) in [6, 6.07) is 11.3. The van der Waals surface area contributed by atoms with Gasteiger partial charge in [0.2, 0.25) is 0 Å². The molecule has 1 aromatic rings. The van der Waals surface area contributed by atoms with Crippen LogP contribution in [0.3, 0.4) is 0 Å². The van der Waals surface area contributed by atoms with Crippen molar-refractivity contribution < 1.29 is 0 Å². The number of hydrogen-bond acceptors (Lipinski definition) is 2. The second kappa shape index (κ2) is 9.46. The van der Waals surface area contributed by atoms with Crippen molar-refractivity contribution in [3.8, 4) is 0 Å². The van der Waals surface area contributed by atoms with E-state index in [0.717, 1.165) is 12.5 Å². The molecule has 0 saturated heterocycles. The van der Waals surface area contributed by atoms with Gasteiger partial charge in [0, 0.05) is 10.9 Å². The molecule has 102 valence electrons. The molecule has 0 saturated carbocycles. The Bertz CT molecular complexity index is 299. The van der Waals surface area contributed by atoms with Crippen molar-refractivity contribution in [3.05, 3.63) is 30.3 Å². The highest BCUT2D eigenvalue weighted by Gasteiger charge is 2.08. The van der Waals surface area contributed by atoms with E-state index in [-0.39, 0.29) is 0 Å². The lowest BCUT2D eigenvalue weighted by Gasteiger charge is -2.18. The average molecular weight is 265 g/mol. The first-order valence-electron chi connectivity index (χ1n) is 7.13. The van der Waals surface area contributed by atoms with E-state index in [2.05, 4.69) is 56.4 Å². The molecule has 2 heteroatoms. The van der Waals surface area contributed by atoms with Gasteiger partial charge in [-0.1, -0.05) is 32.0 Å². The molecule has 1 nitrogen and oxygen atoms in total. The smallest absolute Gasteiger partial charge is 0.00719 e.